The van der Waals surface area contributed by atoms with Crippen LogP contribution < -0.4 is 10.4 Å². The second-order valence-electron chi connectivity index (χ2n) is 4.78. The van der Waals surface area contributed by atoms with Gasteiger partial charge in [0.25, 0.3) is 0 Å². The predicted molar refractivity (Wildman–Crippen MR) is 105 cm³/mol. The molecule has 0 N–H and O–H groups in total. The summed E-state index contributed by atoms with van der Waals surface area (Å²) in [5.41, 5.74) is 0. The molecule has 0 aromatic heterocycles. The first kappa shape index (κ1) is 18.3. The molecule has 0 heterocycles. The number of hydrogen-bond acceptors (Lipinski definition) is 2. The third-order valence-corrected chi connectivity index (χ3v) is 12.0. The molecular formula is C15H26O2Si4. The van der Waals surface area contributed by atoms with Gasteiger partial charge in [0, 0.05) is 0 Å². The van der Waals surface area contributed by atoms with E-state index >= 15 is 0 Å². The molecule has 0 aliphatic carbocycles. The van der Waals surface area contributed by atoms with Crippen molar-refractivity contribution >= 4 is 48.7 Å². The van der Waals surface area contributed by atoms with E-state index in [1.165, 1.54) is 10.4 Å². The molecular weight excluding hydrogens is 325 g/mol. The minimum absolute atomic E-state index is 0.0139. The Hall–Kier alpha value is -0.772. The third kappa shape index (κ3) is 5.49. The summed E-state index contributed by atoms with van der Waals surface area (Å²) < 4.78 is 11.1. The van der Waals surface area contributed by atoms with Gasteiger partial charge in [-0.1, -0.05) is 73.8 Å². The maximum atomic E-state index is 6.28. The average molecular weight is 351 g/mol. The van der Waals surface area contributed by atoms with Gasteiger partial charge in [0.05, 0.1) is 0 Å². The molecule has 0 fully saturated rings. The highest BCUT2D eigenvalue weighted by Gasteiger charge is 2.32. The van der Waals surface area contributed by atoms with Crippen LogP contribution >= 0.6 is 0 Å². The van der Waals surface area contributed by atoms with E-state index in [1.807, 2.05) is 0 Å². The number of rotatable bonds is 5. The average Bonchev–Trinajstić information content (AvgIpc) is 2.57. The molecule has 6 heteroatoms. The summed E-state index contributed by atoms with van der Waals surface area (Å²) in [6.45, 7) is 6.64. The van der Waals surface area contributed by atoms with Crippen LogP contribution in [0.5, 0.6) is 0 Å². The lowest BCUT2D eigenvalue weighted by Gasteiger charge is -2.28. The molecule has 0 amide bonds. The second kappa shape index (κ2) is 10.0. The third-order valence-electron chi connectivity index (χ3n) is 3.37. The summed E-state index contributed by atoms with van der Waals surface area (Å²) in [4.78, 5) is 0. The van der Waals surface area contributed by atoms with Gasteiger partial charge >= 0.3 is 0 Å². The van der Waals surface area contributed by atoms with E-state index in [2.05, 4.69) is 80.3 Å². The Morgan fingerprint density at radius 1 is 0.810 bits per heavy atom. The number of benzene rings is 2. The van der Waals surface area contributed by atoms with E-state index < -0.39 is 18.1 Å². The van der Waals surface area contributed by atoms with Gasteiger partial charge in [0.2, 0.25) is 8.32 Å². The molecule has 0 bridgehead atoms. The van der Waals surface area contributed by atoms with E-state index in [1.54, 1.807) is 0 Å². The van der Waals surface area contributed by atoms with Crippen LogP contribution in [0, 0.1) is 0 Å². The Bertz CT molecular complexity index is 452. The van der Waals surface area contributed by atoms with Gasteiger partial charge in [-0.2, -0.15) is 0 Å². The van der Waals surface area contributed by atoms with Gasteiger partial charge in [0.1, 0.15) is 30.0 Å². The molecule has 0 radical (unpaired) electrons. The molecule has 0 aliphatic rings. The van der Waals surface area contributed by atoms with Crippen molar-refractivity contribution in [1.82, 2.24) is 0 Å². The molecule has 2 rings (SSSR count). The lowest BCUT2D eigenvalue weighted by Crippen LogP contribution is -2.58. The smallest absolute Gasteiger partial charge is 0.241 e. The largest absolute Gasteiger partial charge is 0.468 e. The topological polar surface area (TPSA) is 18.5 Å². The standard InChI is InChI=1S/C14H18OSi2.CH8OSi2/c1-16-15-17(2,13-9-5-3-6-10-13)14-11-7-4-8-12-14;1-4-2-3/h3-12H,16H2,1-2H3;4H2,1,3H3. The Labute approximate surface area is 137 Å². The molecule has 2 nitrogen and oxygen atoms in total. The Balaban J connectivity index is 0.000000491. The van der Waals surface area contributed by atoms with Crippen LogP contribution in [0.1, 0.15) is 0 Å². The fourth-order valence-electron chi connectivity index (χ4n) is 2.13. The minimum Gasteiger partial charge on any atom is -0.468 e. The molecule has 2 aromatic carbocycles. The highest BCUT2D eigenvalue weighted by molar-refractivity contribution is 6.98. The Kier molecular flexibility index (Phi) is 8.74. The van der Waals surface area contributed by atoms with E-state index in [-0.39, 0.29) is 9.76 Å². The molecule has 0 saturated heterocycles. The zero-order valence-electron chi connectivity index (χ0n) is 13.5. The maximum Gasteiger partial charge on any atom is 0.241 e. The van der Waals surface area contributed by atoms with Crippen molar-refractivity contribution in [3.63, 3.8) is 0 Å². The van der Waals surface area contributed by atoms with Gasteiger partial charge in [-0.05, 0) is 16.9 Å². The first-order valence-electron chi connectivity index (χ1n) is 7.43. The van der Waals surface area contributed by atoms with E-state index in [0.29, 0.717) is 0 Å². The van der Waals surface area contributed by atoms with E-state index in [0.717, 1.165) is 10.5 Å². The van der Waals surface area contributed by atoms with Gasteiger partial charge in [-0.15, -0.1) is 0 Å². The van der Waals surface area contributed by atoms with Crippen LogP contribution in [-0.4, -0.2) is 38.3 Å². The minimum atomic E-state index is -1.94. The second-order valence-corrected chi connectivity index (χ2v) is 12.6. The number of hydrogen-bond donors (Lipinski definition) is 0. The van der Waals surface area contributed by atoms with E-state index in [4.69, 9.17) is 8.23 Å². The first-order valence-corrected chi connectivity index (χ1v) is 14.6. The summed E-state index contributed by atoms with van der Waals surface area (Å²) in [5, 5.41) is 2.72. The van der Waals surface area contributed by atoms with Crippen molar-refractivity contribution in [2.24, 2.45) is 0 Å². The van der Waals surface area contributed by atoms with Crippen molar-refractivity contribution < 1.29 is 8.23 Å². The lowest BCUT2D eigenvalue weighted by molar-refractivity contribution is 0.618. The molecule has 0 spiro atoms. The van der Waals surface area contributed by atoms with Crippen LogP contribution in [0.15, 0.2) is 60.7 Å². The lowest BCUT2D eigenvalue weighted by atomic mass is 10.4. The summed E-state index contributed by atoms with van der Waals surface area (Å²) in [6.07, 6.45) is 0. The first-order chi connectivity index (χ1) is 10.2. The normalized spacial score (nSPS) is 12.0. The zero-order valence-corrected chi connectivity index (χ0v) is 19.3. The highest BCUT2D eigenvalue weighted by atomic mass is 28.4. The highest BCUT2D eigenvalue weighted by Crippen LogP contribution is 2.06. The molecule has 21 heavy (non-hydrogen) atoms. The van der Waals surface area contributed by atoms with Crippen LogP contribution in [0.25, 0.3) is 0 Å². The monoisotopic (exact) mass is 350 g/mol. The predicted octanol–water partition coefficient (Wildman–Crippen LogP) is -0.0601. The van der Waals surface area contributed by atoms with Crippen LogP contribution in [0.2, 0.25) is 19.6 Å². The summed E-state index contributed by atoms with van der Waals surface area (Å²) in [6, 6.07) is 21.3. The Morgan fingerprint density at radius 3 is 1.48 bits per heavy atom. The van der Waals surface area contributed by atoms with Crippen molar-refractivity contribution in [3.8, 4) is 0 Å². The van der Waals surface area contributed by atoms with Crippen LogP contribution in [0.4, 0.5) is 0 Å². The van der Waals surface area contributed by atoms with Crippen molar-refractivity contribution in [1.29, 1.82) is 0 Å². The molecule has 0 aliphatic heterocycles. The van der Waals surface area contributed by atoms with Crippen molar-refractivity contribution in [3.05, 3.63) is 60.7 Å². The van der Waals surface area contributed by atoms with Gasteiger partial charge in [-0.25, -0.2) is 0 Å². The fourth-order valence-corrected chi connectivity index (χ4v) is 7.77. The molecule has 0 saturated carbocycles. The summed E-state index contributed by atoms with van der Waals surface area (Å²) in [7, 11) is -1.42. The van der Waals surface area contributed by atoms with Crippen LogP contribution in [0.3, 0.4) is 0 Å². The molecule has 0 atom stereocenters. The van der Waals surface area contributed by atoms with Gasteiger partial charge in [0.15, 0.2) is 0 Å². The zero-order chi connectivity index (χ0) is 15.6. The summed E-state index contributed by atoms with van der Waals surface area (Å²) >= 11 is 0. The fraction of sp³-hybridized carbons (Fsp3) is 0.200. The Morgan fingerprint density at radius 2 is 1.19 bits per heavy atom. The summed E-state index contributed by atoms with van der Waals surface area (Å²) in [5.74, 6) is 0. The van der Waals surface area contributed by atoms with Crippen molar-refractivity contribution in [2.75, 3.05) is 0 Å². The maximum absolute atomic E-state index is 6.28. The molecule has 2 aromatic rings. The van der Waals surface area contributed by atoms with Gasteiger partial charge in [-0.3, -0.25) is 0 Å². The molecule has 0 unspecified atom stereocenters. The SMILES string of the molecule is C[SiH2]O[SiH3].C[SiH2]O[Si](C)(c1ccccc1)c1ccccc1. The van der Waals surface area contributed by atoms with E-state index in [9.17, 15) is 0 Å². The quantitative estimate of drug-likeness (QED) is 0.704. The van der Waals surface area contributed by atoms with Crippen molar-refractivity contribution in [2.45, 2.75) is 19.6 Å². The van der Waals surface area contributed by atoms with Gasteiger partial charge < -0.3 is 8.23 Å². The molecule has 114 valence electrons. The van der Waals surface area contributed by atoms with Crippen LogP contribution in [-0.2, 0) is 8.23 Å².